The van der Waals surface area contributed by atoms with Crippen LogP contribution in [0.4, 0.5) is 0 Å². The first-order chi connectivity index (χ1) is 14.4. The van der Waals surface area contributed by atoms with E-state index in [1.54, 1.807) is 41.6 Å². The second-order valence-electron chi connectivity index (χ2n) is 5.48. The molecule has 0 spiro atoms. The summed E-state index contributed by atoms with van der Waals surface area (Å²) in [5.74, 6) is -1.80. The van der Waals surface area contributed by atoms with Gasteiger partial charge in [0.15, 0.2) is 0 Å². The van der Waals surface area contributed by atoms with E-state index in [4.69, 9.17) is 0 Å². The predicted molar refractivity (Wildman–Crippen MR) is 107 cm³/mol. The number of rotatable bonds is 10. The predicted octanol–water partition coefficient (Wildman–Crippen LogP) is 2.07. The first-order valence-electron chi connectivity index (χ1n) is 9.65. The van der Waals surface area contributed by atoms with Crippen LogP contribution in [0.25, 0.3) is 0 Å². The first kappa shape index (κ1) is 36.5. The summed E-state index contributed by atoms with van der Waals surface area (Å²) in [4.78, 5) is 61.9. The fourth-order valence-corrected chi connectivity index (χ4v) is 1.25. The Kier molecular flexibility index (Phi) is 33.0. The molecule has 0 bridgehead atoms. The number of Topliss-reactive ketones (excluding diaryl/α,β-unsaturated/α-hetero) is 3. The molecule has 0 aromatic carbocycles. The Labute approximate surface area is 196 Å². The molecule has 0 saturated carbocycles. The molecule has 0 N–H and O–H groups in total. The molecule has 0 unspecified atom stereocenters. The van der Waals surface area contributed by atoms with Crippen LogP contribution in [-0.2, 0) is 67.1 Å². The van der Waals surface area contributed by atoms with E-state index in [2.05, 4.69) is 17.5 Å². The fraction of sp³-hybridized carbons (Fsp3) is 0.700. The quantitative estimate of drug-likeness (QED) is 0.196. The summed E-state index contributed by atoms with van der Waals surface area (Å²) in [5.41, 5.74) is 0. The summed E-state index contributed by atoms with van der Waals surface area (Å²) in [6.45, 7) is 13.0. The molecule has 179 valence electrons. The maximum atomic E-state index is 10.4. The maximum absolute atomic E-state index is 10.4. The van der Waals surface area contributed by atoms with Crippen molar-refractivity contribution in [2.75, 3.05) is 26.4 Å². The molecule has 0 atom stereocenters. The molecule has 0 amide bonds. The first-order valence-corrected chi connectivity index (χ1v) is 10.3. The van der Waals surface area contributed by atoms with Gasteiger partial charge in [0.2, 0.25) is 0 Å². The van der Waals surface area contributed by atoms with Crippen LogP contribution in [0.5, 0.6) is 0 Å². The monoisotopic (exact) mass is 483 g/mol. The van der Waals surface area contributed by atoms with Gasteiger partial charge in [-0.05, 0) is 41.5 Å². The zero-order valence-corrected chi connectivity index (χ0v) is 21.1. The third-order valence-electron chi connectivity index (χ3n) is 2.24. The van der Waals surface area contributed by atoms with E-state index in [9.17, 15) is 28.8 Å². The average Bonchev–Trinajstić information content (AvgIpc) is 2.61. The molecule has 0 aliphatic carbocycles. The summed E-state index contributed by atoms with van der Waals surface area (Å²) in [6, 6.07) is 0. The molecule has 0 aromatic rings. The number of carbonyl (C=O) groups is 6. The van der Waals surface area contributed by atoms with Crippen LogP contribution < -0.4 is 0 Å². The van der Waals surface area contributed by atoms with Crippen molar-refractivity contribution in [1.29, 1.82) is 0 Å². The van der Waals surface area contributed by atoms with Crippen LogP contribution in [0.3, 0.4) is 0 Å². The Morgan fingerprint density at radius 3 is 0.806 bits per heavy atom. The van der Waals surface area contributed by atoms with Crippen LogP contribution >= 0.6 is 0 Å². The van der Waals surface area contributed by atoms with E-state index in [0.29, 0.717) is 19.8 Å². The van der Waals surface area contributed by atoms with Crippen molar-refractivity contribution in [1.82, 2.24) is 0 Å². The topological polar surface area (TPSA) is 139 Å². The molecule has 0 saturated heterocycles. The van der Waals surface area contributed by atoms with Crippen LogP contribution in [-0.4, -0.2) is 61.7 Å². The average molecular weight is 483 g/mol. The summed E-state index contributed by atoms with van der Waals surface area (Å²) < 4.78 is 18.0. The summed E-state index contributed by atoms with van der Waals surface area (Å²) >= 11 is 1.68. The van der Waals surface area contributed by atoms with E-state index < -0.39 is 17.9 Å². The number of ether oxygens (including phenoxy) is 3. The molecule has 10 nitrogen and oxygen atoms in total. The van der Waals surface area contributed by atoms with Gasteiger partial charge in [-0.25, -0.2) is 0 Å². The van der Waals surface area contributed by atoms with Crippen molar-refractivity contribution >= 4 is 35.3 Å². The Morgan fingerprint density at radius 1 is 0.516 bits per heavy atom. The van der Waals surface area contributed by atoms with E-state index >= 15 is 0 Å². The molecule has 0 rings (SSSR count). The van der Waals surface area contributed by atoms with Crippen molar-refractivity contribution in [2.45, 2.75) is 67.7 Å². The molecule has 0 radical (unpaired) electrons. The summed E-state index contributed by atoms with van der Waals surface area (Å²) in [6.07, 6.45) is -0.310. The van der Waals surface area contributed by atoms with Gasteiger partial charge in [-0.3, -0.25) is 28.8 Å². The van der Waals surface area contributed by atoms with Crippen LogP contribution in [0.1, 0.15) is 67.7 Å². The van der Waals surface area contributed by atoms with Gasteiger partial charge < -0.3 is 14.2 Å². The van der Waals surface area contributed by atoms with Crippen molar-refractivity contribution < 1.29 is 67.1 Å². The van der Waals surface area contributed by atoms with Gasteiger partial charge in [0, 0.05) is 0 Å². The number of ketones is 3. The Bertz CT molecular complexity index is 459. The zero-order chi connectivity index (χ0) is 25.2. The molecule has 0 heterocycles. The van der Waals surface area contributed by atoms with Gasteiger partial charge >= 0.3 is 55.6 Å². The van der Waals surface area contributed by atoms with Crippen LogP contribution in [0, 0.1) is 0 Å². The minimum atomic E-state index is -0.440. The van der Waals surface area contributed by atoms with Crippen molar-refractivity contribution in [3.8, 4) is 0 Å². The van der Waals surface area contributed by atoms with Crippen molar-refractivity contribution in [2.24, 2.45) is 0 Å². The van der Waals surface area contributed by atoms with Gasteiger partial charge in [0.1, 0.15) is 36.6 Å². The molecular weight excluding hydrogens is 448 g/mol. The summed E-state index contributed by atoms with van der Waals surface area (Å²) in [7, 11) is 0. The Hall–Kier alpha value is -1.91. The molecule has 0 aliphatic rings. The molecule has 0 aromatic heterocycles. The molecule has 0 fully saturated rings. The number of esters is 3. The second-order valence-corrected chi connectivity index (χ2v) is 5.94. The Balaban J connectivity index is -0.000000162. The van der Waals surface area contributed by atoms with Crippen LogP contribution in [0.15, 0.2) is 0 Å². The minimum absolute atomic E-state index is 0.103. The van der Waals surface area contributed by atoms with Gasteiger partial charge in [0.25, 0.3) is 0 Å². The van der Waals surface area contributed by atoms with Crippen LogP contribution in [0.2, 0.25) is 0 Å². The normalized spacial score (nSPS) is 8.45. The van der Waals surface area contributed by atoms with E-state index in [0.717, 1.165) is 6.61 Å². The fourth-order valence-electron chi connectivity index (χ4n) is 1.25. The van der Waals surface area contributed by atoms with Crippen molar-refractivity contribution in [3.05, 3.63) is 0 Å². The van der Waals surface area contributed by atoms with Gasteiger partial charge in [-0.15, -0.1) is 0 Å². The number of hydrogen-bond donors (Lipinski definition) is 0. The molecule has 11 heteroatoms. The van der Waals surface area contributed by atoms with Crippen molar-refractivity contribution in [3.63, 3.8) is 0 Å². The van der Waals surface area contributed by atoms with Gasteiger partial charge in [-0.1, -0.05) is 0 Å². The third kappa shape index (κ3) is 47.4. The second kappa shape index (κ2) is 28.1. The molecular formula is C20H35O10Ti. The SMILES string of the molecule is CCOC(=O)CC(C)=O.CCOC(=O)CC(C)=O.CCOC(=O)CC(C)=O.CC[O][Ti]. The van der Waals surface area contributed by atoms with Gasteiger partial charge in [0.05, 0.1) is 19.8 Å². The van der Waals surface area contributed by atoms with E-state index in [-0.39, 0.29) is 36.6 Å². The standard InChI is InChI=1S/3C6H10O3.C2H5O.Ti/c3*1-3-9-6(8)4-5(2)7;1-2-3;/h3*3-4H2,1-2H3;2H2,1H3;/q;;;-1;+1. The summed E-state index contributed by atoms with van der Waals surface area (Å²) in [5, 5.41) is 0. The van der Waals surface area contributed by atoms with E-state index in [1.807, 2.05) is 6.92 Å². The molecule has 0 aliphatic heterocycles. The molecule has 31 heavy (non-hydrogen) atoms. The third-order valence-corrected chi connectivity index (χ3v) is 2.69. The van der Waals surface area contributed by atoms with E-state index in [1.165, 1.54) is 20.8 Å². The van der Waals surface area contributed by atoms with Gasteiger partial charge in [-0.2, -0.15) is 0 Å². The zero-order valence-electron chi connectivity index (χ0n) is 19.5. The number of carbonyl (C=O) groups excluding carboxylic acids is 6. The Morgan fingerprint density at radius 2 is 0.710 bits per heavy atom. The number of hydrogen-bond acceptors (Lipinski definition) is 10.